The zero-order valence-corrected chi connectivity index (χ0v) is 20.2. The Bertz CT molecular complexity index is 1050. The van der Waals surface area contributed by atoms with E-state index in [9.17, 15) is 18.8 Å². The largest absolute Gasteiger partial charge is 0.368 e. The van der Waals surface area contributed by atoms with E-state index in [0.29, 0.717) is 38.4 Å². The summed E-state index contributed by atoms with van der Waals surface area (Å²) in [5.74, 6) is -1.04. The zero-order chi connectivity index (χ0) is 25.4. The monoisotopic (exact) mass is 481 g/mol. The maximum Gasteiger partial charge on any atom is 0.322 e. The Morgan fingerprint density at radius 2 is 1.69 bits per heavy atom. The van der Waals surface area contributed by atoms with Gasteiger partial charge in [-0.1, -0.05) is 32.1 Å². The molecule has 0 saturated carbocycles. The van der Waals surface area contributed by atoms with E-state index in [1.807, 2.05) is 24.3 Å². The van der Waals surface area contributed by atoms with Crippen LogP contribution in [0.3, 0.4) is 0 Å². The standard InChI is InChI=1S/C26H32FN5O3/c1-4-13-32(25(34)19(2)3)18-24(33)28-20-9-11-21(12-10-20)30-14-16-31(17-15-30)26(35)29-23-8-6-5-7-22(23)27/h4-12,19H,1,13-18H2,2-3H3,(H,28,33)(H,29,35). The Kier molecular flexibility index (Phi) is 8.83. The first-order chi connectivity index (χ1) is 16.8. The Morgan fingerprint density at radius 1 is 1.03 bits per heavy atom. The number of hydrogen-bond donors (Lipinski definition) is 2. The van der Waals surface area contributed by atoms with Gasteiger partial charge >= 0.3 is 6.03 Å². The number of anilines is 3. The summed E-state index contributed by atoms with van der Waals surface area (Å²) in [6.07, 6.45) is 1.60. The molecule has 1 heterocycles. The molecule has 0 aromatic heterocycles. The molecule has 2 aromatic rings. The number of urea groups is 1. The summed E-state index contributed by atoms with van der Waals surface area (Å²) in [4.78, 5) is 42.5. The van der Waals surface area contributed by atoms with Crippen molar-refractivity contribution in [2.75, 3.05) is 54.8 Å². The number of nitrogens with one attached hydrogen (secondary N) is 2. The molecule has 0 atom stereocenters. The Morgan fingerprint density at radius 3 is 2.29 bits per heavy atom. The van der Waals surface area contributed by atoms with Gasteiger partial charge in [-0.15, -0.1) is 6.58 Å². The van der Waals surface area contributed by atoms with E-state index in [0.717, 1.165) is 5.69 Å². The average Bonchev–Trinajstić information content (AvgIpc) is 2.85. The van der Waals surface area contributed by atoms with Crippen molar-refractivity contribution < 1.29 is 18.8 Å². The van der Waals surface area contributed by atoms with Crippen molar-refractivity contribution in [3.05, 3.63) is 67.0 Å². The second kappa shape index (κ2) is 12.0. The fraction of sp³-hybridized carbons (Fsp3) is 0.346. The minimum atomic E-state index is -0.466. The zero-order valence-electron chi connectivity index (χ0n) is 20.2. The Labute approximate surface area is 205 Å². The van der Waals surface area contributed by atoms with Gasteiger partial charge in [-0.2, -0.15) is 0 Å². The molecular weight excluding hydrogens is 449 g/mol. The summed E-state index contributed by atoms with van der Waals surface area (Å²) >= 11 is 0. The molecule has 4 amide bonds. The van der Waals surface area contributed by atoms with Gasteiger partial charge < -0.3 is 25.3 Å². The van der Waals surface area contributed by atoms with Crippen LogP contribution < -0.4 is 15.5 Å². The summed E-state index contributed by atoms with van der Waals surface area (Å²) in [6.45, 7) is 9.78. The van der Waals surface area contributed by atoms with Crippen molar-refractivity contribution in [1.82, 2.24) is 9.80 Å². The highest BCUT2D eigenvalue weighted by Gasteiger charge is 2.22. The molecule has 1 saturated heterocycles. The van der Waals surface area contributed by atoms with Crippen LogP contribution in [0.1, 0.15) is 13.8 Å². The maximum atomic E-state index is 13.8. The number of amides is 4. The summed E-state index contributed by atoms with van der Waals surface area (Å²) in [6, 6.07) is 13.2. The van der Waals surface area contributed by atoms with Crippen molar-refractivity contribution >= 4 is 34.9 Å². The summed E-state index contributed by atoms with van der Waals surface area (Å²) in [7, 11) is 0. The minimum Gasteiger partial charge on any atom is -0.368 e. The highest BCUT2D eigenvalue weighted by atomic mass is 19.1. The molecule has 2 aromatic carbocycles. The van der Waals surface area contributed by atoms with Crippen LogP contribution in [0, 0.1) is 11.7 Å². The topological polar surface area (TPSA) is 85.0 Å². The van der Waals surface area contributed by atoms with E-state index < -0.39 is 5.82 Å². The molecule has 3 rings (SSSR count). The number of rotatable bonds is 8. The molecule has 1 fully saturated rings. The van der Waals surface area contributed by atoms with Crippen molar-refractivity contribution in [2.45, 2.75) is 13.8 Å². The first kappa shape index (κ1) is 25.7. The molecule has 0 aliphatic carbocycles. The molecule has 35 heavy (non-hydrogen) atoms. The van der Waals surface area contributed by atoms with E-state index in [-0.39, 0.29) is 36.0 Å². The molecule has 186 valence electrons. The summed E-state index contributed by atoms with van der Waals surface area (Å²) in [5.41, 5.74) is 1.77. The number of para-hydroxylation sites is 1. The third-order valence-corrected chi connectivity index (χ3v) is 5.69. The van der Waals surface area contributed by atoms with Crippen LogP contribution in [0.25, 0.3) is 0 Å². The smallest absolute Gasteiger partial charge is 0.322 e. The first-order valence-electron chi connectivity index (χ1n) is 11.6. The molecule has 0 unspecified atom stereocenters. The van der Waals surface area contributed by atoms with Crippen LogP contribution in [-0.2, 0) is 9.59 Å². The van der Waals surface area contributed by atoms with Crippen molar-refractivity contribution in [1.29, 1.82) is 0 Å². The highest BCUT2D eigenvalue weighted by molar-refractivity contribution is 5.95. The quantitative estimate of drug-likeness (QED) is 0.562. The molecular formula is C26H32FN5O3. The van der Waals surface area contributed by atoms with Gasteiger partial charge in [0.25, 0.3) is 0 Å². The first-order valence-corrected chi connectivity index (χ1v) is 11.6. The van der Waals surface area contributed by atoms with Gasteiger partial charge in [-0.25, -0.2) is 9.18 Å². The molecule has 9 heteroatoms. The van der Waals surface area contributed by atoms with Gasteiger partial charge in [0.1, 0.15) is 12.4 Å². The van der Waals surface area contributed by atoms with Crippen LogP contribution in [0.4, 0.5) is 26.2 Å². The van der Waals surface area contributed by atoms with E-state index in [1.165, 1.54) is 17.0 Å². The SMILES string of the molecule is C=CCN(CC(=O)Nc1ccc(N2CCN(C(=O)Nc3ccccc3F)CC2)cc1)C(=O)C(C)C. The average molecular weight is 482 g/mol. The van der Waals surface area contributed by atoms with Gasteiger partial charge in [-0.05, 0) is 36.4 Å². The Hall–Kier alpha value is -3.88. The third kappa shape index (κ3) is 7.05. The number of carbonyl (C=O) groups excluding carboxylic acids is 3. The van der Waals surface area contributed by atoms with Crippen molar-refractivity contribution in [3.63, 3.8) is 0 Å². The molecule has 0 radical (unpaired) electrons. The highest BCUT2D eigenvalue weighted by Crippen LogP contribution is 2.20. The number of carbonyl (C=O) groups is 3. The van der Waals surface area contributed by atoms with Gasteiger partial charge in [0, 0.05) is 50.0 Å². The lowest BCUT2D eigenvalue weighted by Crippen LogP contribution is -2.50. The molecule has 1 aliphatic heterocycles. The molecule has 0 spiro atoms. The van der Waals surface area contributed by atoms with E-state index >= 15 is 0 Å². The van der Waals surface area contributed by atoms with Gasteiger partial charge in [-0.3, -0.25) is 9.59 Å². The van der Waals surface area contributed by atoms with Crippen LogP contribution in [0.15, 0.2) is 61.2 Å². The number of hydrogen-bond acceptors (Lipinski definition) is 4. The lowest BCUT2D eigenvalue weighted by atomic mass is 10.2. The fourth-order valence-corrected chi connectivity index (χ4v) is 3.81. The normalized spacial score (nSPS) is 13.4. The lowest BCUT2D eigenvalue weighted by molar-refractivity contribution is -0.136. The minimum absolute atomic E-state index is 0.0400. The Balaban J connectivity index is 1.50. The second-order valence-electron chi connectivity index (χ2n) is 8.64. The summed E-state index contributed by atoms with van der Waals surface area (Å²) < 4.78 is 13.8. The number of nitrogens with zero attached hydrogens (tertiary/aromatic N) is 3. The predicted molar refractivity (Wildman–Crippen MR) is 136 cm³/mol. The lowest BCUT2D eigenvalue weighted by Gasteiger charge is -2.36. The van der Waals surface area contributed by atoms with Crippen LogP contribution in [0.5, 0.6) is 0 Å². The fourth-order valence-electron chi connectivity index (χ4n) is 3.81. The van der Waals surface area contributed by atoms with Gasteiger partial charge in [0.2, 0.25) is 11.8 Å². The van der Waals surface area contributed by atoms with Crippen molar-refractivity contribution in [3.8, 4) is 0 Å². The maximum absolute atomic E-state index is 13.8. The number of piperazine rings is 1. The van der Waals surface area contributed by atoms with Crippen LogP contribution >= 0.6 is 0 Å². The molecule has 1 aliphatic rings. The van der Waals surface area contributed by atoms with Gasteiger partial charge in [0.15, 0.2) is 0 Å². The van der Waals surface area contributed by atoms with Crippen LogP contribution in [-0.4, -0.2) is 66.9 Å². The van der Waals surface area contributed by atoms with Crippen LogP contribution in [0.2, 0.25) is 0 Å². The van der Waals surface area contributed by atoms with Gasteiger partial charge in [0.05, 0.1) is 5.69 Å². The van der Waals surface area contributed by atoms with E-state index in [2.05, 4.69) is 22.1 Å². The number of benzene rings is 2. The molecule has 0 bridgehead atoms. The molecule has 8 nitrogen and oxygen atoms in total. The third-order valence-electron chi connectivity index (χ3n) is 5.69. The van der Waals surface area contributed by atoms with E-state index in [1.54, 1.807) is 37.0 Å². The molecule has 2 N–H and O–H groups in total. The summed E-state index contributed by atoms with van der Waals surface area (Å²) in [5, 5.41) is 5.44. The predicted octanol–water partition coefficient (Wildman–Crippen LogP) is 3.79. The number of halogens is 1. The van der Waals surface area contributed by atoms with Crippen molar-refractivity contribution in [2.24, 2.45) is 5.92 Å². The van der Waals surface area contributed by atoms with E-state index in [4.69, 9.17) is 0 Å². The second-order valence-corrected chi connectivity index (χ2v) is 8.64.